The van der Waals surface area contributed by atoms with Crippen LogP contribution in [0.1, 0.15) is 129 Å². The second-order valence-corrected chi connectivity index (χ2v) is 13.3. The van der Waals surface area contributed by atoms with Gasteiger partial charge in [-0.1, -0.05) is 120 Å². The number of hydrogen-bond donors (Lipinski definition) is 3. The normalized spacial score (nSPS) is 14.8. The van der Waals surface area contributed by atoms with Crippen molar-refractivity contribution in [3.63, 3.8) is 0 Å². The largest absolute Gasteiger partial charge is 0.472 e. The molecule has 282 valence electrons. The summed E-state index contributed by atoms with van der Waals surface area (Å²) in [5.41, 5.74) is 0. The molecule has 0 aromatic rings. The van der Waals surface area contributed by atoms with Crippen LogP contribution in [-0.2, 0) is 32.7 Å². The predicted octanol–water partition coefficient (Wildman–Crippen LogP) is 8.77. The monoisotopic (exact) mass is 712 g/mol. The minimum Gasteiger partial charge on any atom is -0.462 e. The summed E-state index contributed by atoms with van der Waals surface area (Å²) in [6.45, 7) is 2.14. The van der Waals surface area contributed by atoms with E-state index in [1.165, 1.54) is 19.3 Å². The first-order chi connectivity index (χ1) is 23.7. The molecule has 11 heteroatoms. The van der Waals surface area contributed by atoms with Gasteiger partial charge in [0.25, 0.3) is 0 Å². The Kier molecular flexibility index (Phi) is 32.5. The summed E-state index contributed by atoms with van der Waals surface area (Å²) < 4.78 is 32.4. The molecule has 0 spiro atoms. The van der Waals surface area contributed by atoms with E-state index in [4.69, 9.17) is 19.1 Å². The number of esters is 2. The van der Waals surface area contributed by atoms with Gasteiger partial charge in [-0.25, -0.2) is 4.57 Å². The molecular formula is C38H65O10P. The standard InChI is InChI=1S/C38H65O10P/c1-3-5-7-9-11-12-13-14-15-16-17-18-19-20-21-22-24-26-28-30-38(42)48-36(34-47-49(43,44)46-32-35(40)31-39)33-45-37(41)29-27-25-23-10-8-6-4-2/h5,7,11-12,14-15,17-18,20-21,35-36,39-40H,3-4,6,8-10,13,16,19,22-34H2,1-2H3,(H,43,44)/b7-5+,12-11+,15-14+,18-17+,21-20+/t35-,36+/m0/s1. The van der Waals surface area contributed by atoms with E-state index in [0.29, 0.717) is 12.8 Å². The van der Waals surface area contributed by atoms with E-state index in [1.807, 2.05) is 0 Å². The Morgan fingerprint density at radius 3 is 1.69 bits per heavy atom. The van der Waals surface area contributed by atoms with Gasteiger partial charge in [-0.05, 0) is 57.8 Å². The van der Waals surface area contributed by atoms with Crippen LogP contribution in [0.3, 0.4) is 0 Å². The van der Waals surface area contributed by atoms with Crippen LogP contribution in [0.15, 0.2) is 60.8 Å². The highest BCUT2D eigenvalue weighted by Gasteiger charge is 2.27. The van der Waals surface area contributed by atoms with Crippen LogP contribution in [0.2, 0.25) is 0 Å². The molecule has 3 N–H and O–H groups in total. The minimum absolute atomic E-state index is 0.143. The van der Waals surface area contributed by atoms with E-state index >= 15 is 0 Å². The molecule has 0 aliphatic carbocycles. The number of phosphoric ester groups is 1. The SMILES string of the molecule is CC/C=C/C/C=C/C/C=C/C/C=C/C/C=C/CCCCCC(=O)O[C@H](COC(=O)CCCCCCCCC)COP(=O)(O)OC[C@@H](O)CO. The highest BCUT2D eigenvalue weighted by molar-refractivity contribution is 7.47. The van der Waals surface area contributed by atoms with Crippen LogP contribution < -0.4 is 0 Å². The van der Waals surface area contributed by atoms with Gasteiger partial charge < -0.3 is 24.6 Å². The van der Waals surface area contributed by atoms with Crippen molar-refractivity contribution in [2.24, 2.45) is 0 Å². The van der Waals surface area contributed by atoms with Crippen molar-refractivity contribution in [1.82, 2.24) is 0 Å². The van der Waals surface area contributed by atoms with Crippen molar-refractivity contribution in [3.8, 4) is 0 Å². The second-order valence-electron chi connectivity index (χ2n) is 11.9. The summed E-state index contributed by atoms with van der Waals surface area (Å²) in [6, 6.07) is 0. The number of carbonyl (C=O) groups excluding carboxylic acids is 2. The zero-order chi connectivity index (χ0) is 36.3. The third-order valence-electron chi connectivity index (χ3n) is 7.19. The smallest absolute Gasteiger partial charge is 0.462 e. The first-order valence-electron chi connectivity index (χ1n) is 18.2. The summed E-state index contributed by atoms with van der Waals surface area (Å²) in [6.07, 6.45) is 35.0. The van der Waals surface area contributed by atoms with Crippen molar-refractivity contribution in [3.05, 3.63) is 60.8 Å². The van der Waals surface area contributed by atoms with E-state index in [-0.39, 0.29) is 19.4 Å². The van der Waals surface area contributed by atoms with Gasteiger partial charge in [0.15, 0.2) is 6.10 Å². The van der Waals surface area contributed by atoms with E-state index in [9.17, 15) is 24.2 Å². The van der Waals surface area contributed by atoms with Crippen LogP contribution in [-0.4, -0.2) is 65.7 Å². The summed E-state index contributed by atoms with van der Waals surface area (Å²) in [5.74, 6) is -0.977. The Hall–Kier alpha value is -2.33. The molecule has 49 heavy (non-hydrogen) atoms. The number of unbranched alkanes of at least 4 members (excludes halogenated alkanes) is 9. The summed E-state index contributed by atoms with van der Waals surface area (Å²) in [4.78, 5) is 34.6. The molecule has 0 saturated heterocycles. The topological polar surface area (TPSA) is 149 Å². The Morgan fingerprint density at radius 1 is 0.633 bits per heavy atom. The number of aliphatic hydroxyl groups excluding tert-OH is 2. The molecule has 0 aromatic carbocycles. The van der Waals surface area contributed by atoms with Crippen LogP contribution in [0.4, 0.5) is 0 Å². The van der Waals surface area contributed by atoms with Gasteiger partial charge in [0.2, 0.25) is 0 Å². The Morgan fingerprint density at radius 2 is 1.12 bits per heavy atom. The van der Waals surface area contributed by atoms with Crippen LogP contribution in [0, 0.1) is 0 Å². The highest BCUT2D eigenvalue weighted by atomic mass is 31.2. The molecule has 0 saturated carbocycles. The van der Waals surface area contributed by atoms with Gasteiger partial charge in [0.05, 0.1) is 19.8 Å². The second kappa shape index (κ2) is 34.1. The first kappa shape index (κ1) is 46.7. The summed E-state index contributed by atoms with van der Waals surface area (Å²) >= 11 is 0. The van der Waals surface area contributed by atoms with Crippen molar-refractivity contribution in [1.29, 1.82) is 0 Å². The first-order valence-corrected chi connectivity index (χ1v) is 19.7. The quantitative estimate of drug-likeness (QED) is 0.0261. The number of carbonyl (C=O) groups is 2. The van der Waals surface area contributed by atoms with Gasteiger partial charge >= 0.3 is 19.8 Å². The van der Waals surface area contributed by atoms with Crippen molar-refractivity contribution < 1.29 is 47.8 Å². The number of aliphatic hydroxyl groups is 2. The molecule has 3 atom stereocenters. The van der Waals surface area contributed by atoms with E-state index in [0.717, 1.165) is 70.6 Å². The third-order valence-corrected chi connectivity index (χ3v) is 8.14. The van der Waals surface area contributed by atoms with Gasteiger partial charge in [0.1, 0.15) is 12.7 Å². The zero-order valence-electron chi connectivity index (χ0n) is 30.1. The molecule has 0 radical (unpaired) electrons. The predicted molar refractivity (Wildman–Crippen MR) is 196 cm³/mol. The minimum atomic E-state index is -4.62. The zero-order valence-corrected chi connectivity index (χ0v) is 31.0. The molecule has 0 amide bonds. The molecule has 1 unspecified atom stereocenters. The lowest BCUT2D eigenvalue weighted by atomic mass is 10.1. The Labute approximate surface area is 296 Å². The molecule has 0 aliphatic heterocycles. The third kappa shape index (κ3) is 33.9. The number of phosphoric acid groups is 1. The van der Waals surface area contributed by atoms with Gasteiger partial charge in [-0.3, -0.25) is 18.6 Å². The van der Waals surface area contributed by atoms with Gasteiger partial charge in [0, 0.05) is 12.8 Å². The molecule has 0 aliphatic rings. The van der Waals surface area contributed by atoms with Crippen LogP contribution >= 0.6 is 7.82 Å². The lowest BCUT2D eigenvalue weighted by molar-refractivity contribution is -0.161. The number of hydrogen-bond acceptors (Lipinski definition) is 9. The molecule has 0 fully saturated rings. The Balaban J connectivity index is 4.40. The average molecular weight is 713 g/mol. The van der Waals surface area contributed by atoms with Crippen molar-refractivity contribution in [2.45, 2.75) is 142 Å². The Bertz CT molecular complexity index is 1000. The summed E-state index contributed by atoms with van der Waals surface area (Å²) in [5, 5.41) is 18.2. The summed E-state index contributed by atoms with van der Waals surface area (Å²) in [7, 11) is -4.62. The highest BCUT2D eigenvalue weighted by Crippen LogP contribution is 2.43. The molecule has 0 heterocycles. The van der Waals surface area contributed by atoms with E-state index < -0.39 is 51.8 Å². The maximum atomic E-state index is 12.5. The average Bonchev–Trinajstić information content (AvgIpc) is 3.09. The van der Waals surface area contributed by atoms with Crippen molar-refractivity contribution >= 4 is 19.8 Å². The van der Waals surface area contributed by atoms with Gasteiger partial charge in [-0.15, -0.1) is 0 Å². The molecule has 0 bridgehead atoms. The molecule has 0 rings (SSSR count). The fourth-order valence-electron chi connectivity index (χ4n) is 4.37. The fourth-order valence-corrected chi connectivity index (χ4v) is 5.16. The lowest BCUT2D eigenvalue weighted by Gasteiger charge is -2.20. The molecular weight excluding hydrogens is 647 g/mol. The number of rotatable bonds is 33. The maximum absolute atomic E-state index is 12.5. The molecule has 0 aromatic heterocycles. The van der Waals surface area contributed by atoms with Crippen molar-refractivity contribution in [2.75, 3.05) is 26.4 Å². The molecule has 10 nitrogen and oxygen atoms in total. The maximum Gasteiger partial charge on any atom is 0.472 e. The number of ether oxygens (including phenoxy) is 2. The van der Waals surface area contributed by atoms with Gasteiger partial charge in [-0.2, -0.15) is 0 Å². The lowest BCUT2D eigenvalue weighted by Crippen LogP contribution is -2.29. The fraction of sp³-hybridized carbons (Fsp3) is 0.684. The van der Waals surface area contributed by atoms with Crippen LogP contribution in [0.25, 0.3) is 0 Å². The van der Waals surface area contributed by atoms with E-state index in [2.05, 4.69) is 79.1 Å². The van der Waals surface area contributed by atoms with E-state index in [1.54, 1.807) is 0 Å². The number of allylic oxidation sites excluding steroid dienone is 10. The van der Waals surface area contributed by atoms with Crippen LogP contribution in [0.5, 0.6) is 0 Å².